The smallest absolute Gasteiger partial charge is 0.139 e. The van der Waals surface area contributed by atoms with E-state index < -0.39 is 0 Å². The van der Waals surface area contributed by atoms with Crippen molar-refractivity contribution in [3.63, 3.8) is 0 Å². The molecule has 0 saturated heterocycles. The largest absolute Gasteiger partial charge is 0.344 e. The number of ketones is 1. The molecule has 1 aliphatic rings. The van der Waals surface area contributed by atoms with Crippen LogP contribution in [0.2, 0.25) is 0 Å². The van der Waals surface area contributed by atoms with Gasteiger partial charge in [-0.05, 0) is 73.8 Å². The number of aromatic nitrogens is 1. The zero-order valence-corrected chi connectivity index (χ0v) is 21.4. The Balaban J connectivity index is 0.00000149. The molecule has 4 rings (SSSR count). The molecule has 0 N–H and O–H groups in total. The van der Waals surface area contributed by atoms with Gasteiger partial charge in [-0.15, -0.1) is 0 Å². The van der Waals surface area contributed by atoms with Gasteiger partial charge in [-0.3, -0.25) is 4.79 Å². The number of nitrogens with zero attached hydrogens (tertiary/aromatic N) is 1. The summed E-state index contributed by atoms with van der Waals surface area (Å²) < 4.78 is 2.30. The number of Topliss-reactive ketones (excluding diaryl/α,β-unsaturated/α-hetero) is 1. The number of hydrogen-bond acceptors (Lipinski definition) is 1. The highest BCUT2D eigenvalue weighted by atomic mass is 16.1. The molecule has 0 amide bonds. The first-order chi connectivity index (χ1) is 16.1. The van der Waals surface area contributed by atoms with E-state index in [0.717, 1.165) is 38.5 Å². The van der Waals surface area contributed by atoms with E-state index in [1.807, 2.05) is 13.8 Å². The van der Waals surface area contributed by atoms with Gasteiger partial charge in [-0.25, -0.2) is 0 Å². The lowest BCUT2D eigenvalue weighted by Crippen LogP contribution is -2.23. The normalized spacial score (nSPS) is 19.4. The molecule has 1 saturated carbocycles. The van der Waals surface area contributed by atoms with E-state index in [2.05, 4.69) is 80.1 Å². The maximum atomic E-state index is 13.1. The summed E-state index contributed by atoms with van der Waals surface area (Å²) in [5.41, 5.74) is 5.28. The average molecular weight is 446 g/mol. The van der Waals surface area contributed by atoms with Crippen LogP contribution in [0.25, 0.3) is 22.2 Å². The van der Waals surface area contributed by atoms with Crippen LogP contribution < -0.4 is 0 Å². The number of hydrogen-bond donors (Lipinski definition) is 0. The Morgan fingerprint density at radius 3 is 2.48 bits per heavy atom. The average Bonchev–Trinajstić information content (AvgIpc) is 3.03. The number of carbonyl (C=O) groups is 1. The monoisotopic (exact) mass is 445 g/mol. The first-order valence-corrected chi connectivity index (χ1v) is 13.3. The van der Waals surface area contributed by atoms with Gasteiger partial charge in [-0.1, -0.05) is 76.9 Å². The molecule has 0 spiro atoms. The van der Waals surface area contributed by atoms with Crippen molar-refractivity contribution in [1.82, 2.24) is 4.57 Å². The van der Waals surface area contributed by atoms with Crippen molar-refractivity contribution in [2.45, 2.75) is 85.0 Å². The van der Waals surface area contributed by atoms with Gasteiger partial charge in [0.2, 0.25) is 0 Å². The quantitative estimate of drug-likeness (QED) is 0.333. The van der Waals surface area contributed by atoms with Crippen molar-refractivity contribution in [2.75, 3.05) is 0 Å². The molecule has 3 unspecified atom stereocenters. The second kappa shape index (κ2) is 12.2. The van der Waals surface area contributed by atoms with Crippen LogP contribution in [0.3, 0.4) is 0 Å². The number of para-hydroxylation sites is 1. The first-order valence-electron chi connectivity index (χ1n) is 13.3. The van der Waals surface area contributed by atoms with Crippen LogP contribution in [0.5, 0.6) is 0 Å². The molecule has 3 atom stereocenters. The highest BCUT2D eigenvalue weighted by molar-refractivity contribution is 5.87. The number of carbonyl (C=O) groups excluding carboxylic acids is 1. The fourth-order valence-electron chi connectivity index (χ4n) is 5.67. The molecule has 1 aliphatic carbocycles. The first kappa shape index (κ1) is 25.3. The maximum absolute atomic E-state index is 13.1. The molecule has 0 radical (unpaired) electrons. The van der Waals surface area contributed by atoms with Gasteiger partial charge in [0.05, 0.1) is 0 Å². The molecule has 1 aromatic heterocycles. The summed E-state index contributed by atoms with van der Waals surface area (Å²) in [5, 5.41) is 1.29. The number of fused-ring (bicyclic) bond motifs is 1. The molecule has 1 fully saturated rings. The zero-order valence-electron chi connectivity index (χ0n) is 21.4. The van der Waals surface area contributed by atoms with E-state index in [1.165, 1.54) is 40.6 Å². The predicted molar refractivity (Wildman–Crippen MR) is 143 cm³/mol. The van der Waals surface area contributed by atoms with Crippen molar-refractivity contribution < 1.29 is 4.79 Å². The van der Waals surface area contributed by atoms with Crippen LogP contribution in [0, 0.1) is 11.8 Å². The molecule has 0 aliphatic heterocycles. The number of benzene rings is 2. The molecule has 0 bridgehead atoms. The molecule has 2 nitrogen and oxygen atoms in total. The Bertz CT molecular complexity index is 1030. The van der Waals surface area contributed by atoms with Gasteiger partial charge < -0.3 is 4.57 Å². The van der Waals surface area contributed by atoms with Crippen molar-refractivity contribution in [2.24, 2.45) is 18.9 Å². The lowest BCUT2D eigenvalue weighted by molar-refractivity contribution is -0.127. The summed E-state index contributed by atoms with van der Waals surface area (Å²) in [7, 11) is 2.16. The molecular formula is C31H43NO. The fourth-order valence-corrected chi connectivity index (χ4v) is 5.67. The Labute approximate surface area is 201 Å². The third kappa shape index (κ3) is 5.78. The molecular weight excluding hydrogens is 402 g/mol. The van der Waals surface area contributed by atoms with Gasteiger partial charge >= 0.3 is 0 Å². The molecule has 1 heterocycles. The minimum absolute atomic E-state index is 0.279. The van der Waals surface area contributed by atoms with E-state index in [4.69, 9.17) is 0 Å². The van der Waals surface area contributed by atoms with E-state index in [-0.39, 0.29) is 11.8 Å². The minimum atomic E-state index is 0.279. The van der Waals surface area contributed by atoms with E-state index >= 15 is 0 Å². The standard InChI is InChI=1S/C29H37NO.C2H6/c1-4-10-21(5-2)29(31)23-13-8-12-22(17-18-23)24-14-9-15-25(19-24)28-20-26-11-6-7-16-27(26)30(28)3;1-2/h6-7,9,11,14-16,19-23H,4-5,8,10,12-13,17-18H2,1-3H3;1-2H3. The van der Waals surface area contributed by atoms with E-state index in [0.29, 0.717) is 11.7 Å². The van der Waals surface area contributed by atoms with Crippen LogP contribution in [0.4, 0.5) is 0 Å². The van der Waals surface area contributed by atoms with Gasteiger partial charge in [0.25, 0.3) is 0 Å². The fraction of sp³-hybridized carbons (Fsp3) is 0.516. The van der Waals surface area contributed by atoms with Gasteiger partial charge in [-0.2, -0.15) is 0 Å². The second-order valence-corrected chi connectivity index (χ2v) is 9.47. The van der Waals surface area contributed by atoms with Crippen LogP contribution >= 0.6 is 0 Å². The third-order valence-corrected chi connectivity index (χ3v) is 7.51. The molecule has 33 heavy (non-hydrogen) atoms. The maximum Gasteiger partial charge on any atom is 0.139 e. The van der Waals surface area contributed by atoms with Crippen molar-refractivity contribution in [3.8, 4) is 11.3 Å². The molecule has 2 heteroatoms. The lowest BCUT2D eigenvalue weighted by Gasteiger charge is -2.20. The summed E-state index contributed by atoms with van der Waals surface area (Å²) in [6.07, 6.45) is 8.81. The van der Waals surface area contributed by atoms with Crippen LogP contribution in [-0.4, -0.2) is 10.4 Å². The van der Waals surface area contributed by atoms with Crippen molar-refractivity contribution in [1.29, 1.82) is 0 Å². The van der Waals surface area contributed by atoms with Crippen LogP contribution in [-0.2, 0) is 11.8 Å². The minimum Gasteiger partial charge on any atom is -0.344 e. The SMILES string of the molecule is CC.CCCC(CC)C(=O)C1CCCC(c2cccc(-c3cc4ccccc4n3C)c2)CC1. The summed E-state index contributed by atoms with van der Waals surface area (Å²) in [5.74, 6) is 1.68. The number of aryl methyl sites for hydroxylation is 1. The van der Waals surface area contributed by atoms with E-state index in [9.17, 15) is 4.79 Å². The van der Waals surface area contributed by atoms with Gasteiger partial charge in [0.15, 0.2) is 0 Å². The Hall–Kier alpha value is -2.35. The summed E-state index contributed by atoms with van der Waals surface area (Å²) >= 11 is 0. The highest BCUT2D eigenvalue weighted by Gasteiger charge is 2.28. The lowest BCUT2D eigenvalue weighted by atomic mass is 9.83. The summed E-state index contributed by atoms with van der Waals surface area (Å²) in [6, 6.07) is 20.0. The molecule has 2 aromatic carbocycles. The van der Waals surface area contributed by atoms with Crippen molar-refractivity contribution >= 4 is 16.7 Å². The van der Waals surface area contributed by atoms with Gasteiger partial charge in [0, 0.05) is 35.5 Å². The second-order valence-electron chi connectivity index (χ2n) is 9.47. The van der Waals surface area contributed by atoms with Crippen molar-refractivity contribution in [3.05, 3.63) is 60.2 Å². The number of rotatable bonds is 7. The topological polar surface area (TPSA) is 22.0 Å². The highest BCUT2D eigenvalue weighted by Crippen LogP contribution is 2.37. The molecule has 178 valence electrons. The van der Waals surface area contributed by atoms with Gasteiger partial charge in [0.1, 0.15) is 5.78 Å². The van der Waals surface area contributed by atoms with Crippen LogP contribution in [0.15, 0.2) is 54.6 Å². The molecule has 3 aromatic rings. The Morgan fingerprint density at radius 1 is 0.970 bits per heavy atom. The Kier molecular flexibility index (Phi) is 9.35. The van der Waals surface area contributed by atoms with E-state index in [1.54, 1.807) is 0 Å². The van der Waals surface area contributed by atoms with Crippen LogP contribution in [0.1, 0.15) is 90.5 Å². The summed E-state index contributed by atoms with van der Waals surface area (Å²) in [6.45, 7) is 8.37. The summed E-state index contributed by atoms with van der Waals surface area (Å²) in [4.78, 5) is 13.1. The zero-order chi connectivity index (χ0) is 23.8. The Morgan fingerprint density at radius 2 is 1.76 bits per heavy atom. The third-order valence-electron chi connectivity index (χ3n) is 7.51. The predicted octanol–water partition coefficient (Wildman–Crippen LogP) is 8.93.